The Morgan fingerprint density at radius 3 is 3.40 bits per heavy atom. The Hall–Kier alpha value is -0.130. The SMILES string of the molecule is c1nsc(SCC2CO2)n1. The molecule has 1 atom stereocenters. The molecule has 0 amide bonds. The molecule has 0 bridgehead atoms. The van der Waals surface area contributed by atoms with E-state index in [0.29, 0.717) is 6.10 Å². The van der Waals surface area contributed by atoms with Crippen molar-refractivity contribution in [3.05, 3.63) is 6.33 Å². The van der Waals surface area contributed by atoms with Gasteiger partial charge in [0.2, 0.25) is 0 Å². The highest BCUT2D eigenvalue weighted by Crippen LogP contribution is 2.23. The molecule has 1 aromatic rings. The van der Waals surface area contributed by atoms with Crippen molar-refractivity contribution in [1.82, 2.24) is 9.36 Å². The summed E-state index contributed by atoms with van der Waals surface area (Å²) >= 11 is 3.16. The molecule has 0 aromatic carbocycles. The first-order valence-electron chi connectivity index (χ1n) is 2.96. The third-order valence-corrected chi connectivity index (χ3v) is 3.07. The summed E-state index contributed by atoms with van der Waals surface area (Å²) in [4.78, 5) is 4.03. The van der Waals surface area contributed by atoms with E-state index in [1.807, 2.05) is 0 Å². The number of hydrogen-bond acceptors (Lipinski definition) is 5. The van der Waals surface area contributed by atoms with E-state index in [-0.39, 0.29) is 0 Å². The molecule has 1 aliphatic rings. The molecule has 5 heteroatoms. The summed E-state index contributed by atoms with van der Waals surface area (Å²) in [5, 5.41) is 0. The van der Waals surface area contributed by atoms with E-state index in [1.165, 1.54) is 11.5 Å². The van der Waals surface area contributed by atoms with Gasteiger partial charge in [-0.2, -0.15) is 4.37 Å². The maximum absolute atomic E-state index is 5.04. The standard InChI is InChI=1S/C5H6N2OS2/c1-4(8-1)2-9-5-6-3-7-10-5/h3-4H,1-2H2. The summed E-state index contributed by atoms with van der Waals surface area (Å²) in [5.41, 5.74) is 0. The van der Waals surface area contributed by atoms with E-state index in [2.05, 4.69) is 9.36 Å². The van der Waals surface area contributed by atoms with Crippen LogP contribution in [0.2, 0.25) is 0 Å². The average molecular weight is 174 g/mol. The Morgan fingerprint density at radius 2 is 2.80 bits per heavy atom. The highest BCUT2D eigenvalue weighted by molar-refractivity contribution is 8.00. The van der Waals surface area contributed by atoms with Gasteiger partial charge in [0.05, 0.1) is 12.7 Å². The van der Waals surface area contributed by atoms with Crippen LogP contribution in [0.5, 0.6) is 0 Å². The average Bonchev–Trinajstić information content (AvgIpc) is 2.63. The molecule has 2 rings (SSSR count). The van der Waals surface area contributed by atoms with Crippen LogP contribution in [0.25, 0.3) is 0 Å². The summed E-state index contributed by atoms with van der Waals surface area (Å²) in [5.74, 6) is 1.02. The van der Waals surface area contributed by atoms with Crippen molar-refractivity contribution in [2.24, 2.45) is 0 Å². The molecule has 0 spiro atoms. The second kappa shape index (κ2) is 2.86. The van der Waals surface area contributed by atoms with Crippen LogP contribution in [-0.4, -0.2) is 27.8 Å². The monoisotopic (exact) mass is 174 g/mol. The molecule has 1 aromatic heterocycles. The van der Waals surface area contributed by atoms with Gasteiger partial charge < -0.3 is 4.74 Å². The molecule has 0 aliphatic carbocycles. The lowest BCUT2D eigenvalue weighted by Crippen LogP contribution is -1.87. The van der Waals surface area contributed by atoms with Crippen molar-refractivity contribution in [3.63, 3.8) is 0 Å². The van der Waals surface area contributed by atoms with Gasteiger partial charge in [0, 0.05) is 5.75 Å². The lowest BCUT2D eigenvalue weighted by molar-refractivity contribution is 0.426. The number of ether oxygens (including phenoxy) is 1. The normalized spacial score (nSPS) is 23.0. The molecule has 0 radical (unpaired) electrons. The summed E-state index contributed by atoms with van der Waals surface area (Å²) < 4.78 is 9.97. The number of epoxide rings is 1. The van der Waals surface area contributed by atoms with Crippen LogP contribution in [0.1, 0.15) is 0 Å². The van der Waals surface area contributed by atoms with Gasteiger partial charge in [0.15, 0.2) is 4.34 Å². The Bertz CT molecular complexity index is 197. The van der Waals surface area contributed by atoms with Gasteiger partial charge in [-0.1, -0.05) is 11.8 Å². The molecule has 10 heavy (non-hydrogen) atoms. The Balaban J connectivity index is 1.79. The second-order valence-corrected chi connectivity index (χ2v) is 4.02. The molecule has 54 valence electrons. The molecule has 1 aliphatic heterocycles. The van der Waals surface area contributed by atoms with Crippen LogP contribution >= 0.6 is 23.3 Å². The Morgan fingerprint density at radius 1 is 1.90 bits per heavy atom. The number of rotatable bonds is 3. The molecule has 0 N–H and O–H groups in total. The van der Waals surface area contributed by atoms with Crippen LogP contribution in [0, 0.1) is 0 Å². The van der Waals surface area contributed by atoms with Gasteiger partial charge in [0.25, 0.3) is 0 Å². The molecule has 0 saturated carbocycles. The lowest BCUT2D eigenvalue weighted by atomic mass is 10.6. The van der Waals surface area contributed by atoms with Crippen molar-refractivity contribution in [1.29, 1.82) is 0 Å². The van der Waals surface area contributed by atoms with Crippen molar-refractivity contribution in [2.75, 3.05) is 12.4 Å². The summed E-state index contributed by atoms with van der Waals surface area (Å²) in [6.45, 7) is 0.922. The largest absolute Gasteiger partial charge is 0.372 e. The van der Waals surface area contributed by atoms with Gasteiger partial charge in [-0.15, -0.1) is 0 Å². The van der Waals surface area contributed by atoms with Crippen molar-refractivity contribution >= 4 is 23.3 Å². The van der Waals surface area contributed by atoms with E-state index in [4.69, 9.17) is 4.74 Å². The number of hydrogen-bond donors (Lipinski definition) is 0. The first-order valence-corrected chi connectivity index (χ1v) is 4.72. The molecule has 2 heterocycles. The van der Waals surface area contributed by atoms with E-state index in [9.17, 15) is 0 Å². The van der Waals surface area contributed by atoms with Crippen molar-refractivity contribution in [3.8, 4) is 0 Å². The third kappa shape index (κ3) is 1.68. The molecule has 1 saturated heterocycles. The molecule has 3 nitrogen and oxygen atoms in total. The molecule has 1 fully saturated rings. The smallest absolute Gasteiger partial charge is 0.169 e. The number of nitrogens with zero attached hydrogens (tertiary/aromatic N) is 2. The molecule has 1 unspecified atom stereocenters. The van der Waals surface area contributed by atoms with E-state index >= 15 is 0 Å². The van der Waals surface area contributed by atoms with Crippen LogP contribution in [0.15, 0.2) is 10.7 Å². The van der Waals surface area contributed by atoms with Gasteiger partial charge in [0.1, 0.15) is 6.33 Å². The second-order valence-electron chi connectivity index (χ2n) is 1.97. The predicted molar refractivity (Wildman–Crippen MR) is 40.4 cm³/mol. The first-order chi connectivity index (χ1) is 4.95. The number of aromatic nitrogens is 2. The van der Waals surface area contributed by atoms with E-state index < -0.39 is 0 Å². The Labute approximate surface area is 67.0 Å². The zero-order valence-electron chi connectivity index (χ0n) is 5.19. The number of thioether (sulfide) groups is 1. The van der Waals surface area contributed by atoms with Crippen LogP contribution < -0.4 is 0 Å². The minimum atomic E-state index is 0.480. The highest BCUT2D eigenvalue weighted by Gasteiger charge is 2.22. The quantitative estimate of drug-likeness (QED) is 0.506. The fourth-order valence-electron chi connectivity index (χ4n) is 0.555. The topological polar surface area (TPSA) is 38.3 Å². The van der Waals surface area contributed by atoms with Crippen molar-refractivity contribution < 1.29 is 4.74 Å². The zero-order valence-corrected chi connectivity index (χ0v) is 6.82. The fourth-order valence-corrected chi connectivity index (χ4v) is 2.02. The van der Waals surface area contributed by atoms with E-state index in [0.717, 1.165) is 16.7 Å². The van der Waals surface area contributed by atoms with Gasteiger partial charge in [-0.25, -0.2) is 4.98 Å². The fraction of sp³-hybridized carbons (Fsp3) is 0.600. The Kier molecular flexibility index (Phi) is 1.88. The zero-order chi connectivity index (χ0) is 6.81. The highest BCUT2D eigenvalue weighted by atomic mass is 32.2. The molecular weight excluding hydrogens is 168 g/mol. The van der Waals surface area contributed by atoms with Crippen LogP contribution in [-0.2, 0) is 4.74 Å². The summed E-state index contributed by atoms with van der Waals surface area (Å²) in [6, 6.07) is 0. The minimum absolute atomic E-state index is 0.480. The molecular formula is C5H6N2OS2. The minimum Gasteiger partial charge on any atom is -0.372 e. The maximum Gasteiger partial charge on any atom is 0.169 e. The first kappa shape index (κ1) is 6.57. The van der Waals surface area contributed by atoms with Gasteiger partial charge >= 0.3 is 0 Å². The van der Waals surface area contributed by atoms with Crippen LogP contribution in [0.3, 0.4) is 0 Å². The summed E-state index contributed by atoms with van der Waals surface area (Å²) in [6.07, 6.45) is 2.06. The predicted octanol–water partition coefficient (Wildman–Crippen LogP) is 1.03. The third-order valence-electron chi connectivity index (χ3n) is 1.14. The van der Waals surface area contributed by atoms with Gasteiger partial charge in [-0.3, -0.25) is 0 Å². The maximum atomic E-state index is 5.04. The van der Waals surface area contributed by atoms with Crippen LogP contribution in [0.4, 0.5) is 0 Å². The van der Waals surface area contributed by atoms with E-state index in [1.54, 1.807) is 18.1 Å². The van der Waals surface area contributed by atoms with Crippen molar-refractivity contribution in [2.45, 2.75) is 10.4 Å². The lowest BCUT2D eigenvalue weighted by Gasteiger charge is -1.88. The summed E-state index contributed by atoms with van der Waals surface area (Å²) in [7, 11) is 0. The van der Waals surface area contributed by atoms with Gasteiger partial charge in [-0.05, 0) is 11.5 Å².